The second kappa shape index (κ2) is 8.26. The minimum atomic E-state index is -1.76. The Morgan fingerprint density at radius 1 is 0.586 bits per heavy atom. The molecule has 0 aliphatic rings. The molecule has 2 heteroatoms. The first-order valence-corrected chi connectivity index (χ1v) is 9.69. The van der Waals surface area contributed by atoms with Gasteiger partial charge in [0.1, 0.15) is 0 Å². The van der Waals surface area contributed by atoms with Crippen LogP contribution in [-0.2, 0) is 5.60 Å². The number of carbonyl (C=O) groups excluding carboxylic acids is 1. The molecule has 0 aromatic heterocycles. The van der Waals surface area contributed by atoms with Crippen molar-refractivity contribution in [1.82, 2.24) is 0 Å². The molecule has 142 valence electrons. The van der Waals surface area contributed by atoms with Gasteiger partial charge < -0.3 is 5.11 Å². The van der Waals surface area contributed by atoms with Crippen LogP contribution in [0.2, 0.25) is 0 Å². The van der Waals surface area contributed by atoms with Crippen molar-refractivity contribution in [3.63, 3.8) is 0 Å². The molecule has 1 N–H and O–H groups in total. The van der Waals surface area contributed by atoms with Gasteiger partial charge in [0.05, 0.1) is 0 Å². The van der Waals surface area contributed by atoms with E-state index in [1.807, 2.05) is 109 Å². The van der Waals surface area contributed by atoms with Crippen LogP contribution in [0.3, 0.4) is 0 Å². The average Bonchev–Trinajstić information content (AvgIpc) is 2.81. The molecular formula is C27H22O2. The predicted molar refractivity (Wildman–Crippen MR) is 116 cm³/mol. The van der Waals surface area contributed by atoms with E-state index in [9.17, 15) is 9.90 Å². The number of rotatable bonds is 6. The normalized spacial score (nSPS) is 13.0. The fourth-order valence-electron chi connectivity index (χ4n) is 3.90. The smallest absolute Gasteiger partial charge is 0.199 e. The molecule has 0 aliphatic carbocycles. The second-order valence-electron chi connectivity index (χ2n) is 7.08. The van der Waals surface area contributed by atoms with Gasteiger partial charge in [-0.25, -0.2) is 0 Å². The van der Waals surface area contributed by atoms with Gasteiger partial charge in [-0.05, 0) is 16.7 Å². The van der Waals surface area contributed by atoms with Gasteiger partial charge in [-0.15, -0.1) is 0 Å². The zero-order valence-electron chi connectivity index (χ0n) is 16.0. The van der Waals surface area contributed by atoms with Gasteiger partial charge in [0.25, 0.3) is 0 Å². The molecule has 0 saturated carbocycles. The van der Waals surface area contributed by atoms with Crippen molar-refractivity contribution in [1.29, 1.82) is 0 Å². The van der Waals surface area contributed by atoms with Gasteiger partial charge in [-0.1, -0.05) is 121 Å². The summed E-state index contributed by atoms with van der Waals surface area (Å²) in [6.07, 6.45) is 0. The Morgan fingerprint density at radius 3 is 1.41 bits per heavy atom. The van der Waals surface area contributed by atoms with Gasteiger partial charge in [0.15, 0.2) is 11.4 Å². The third kappa shape index (κ3) is 3.63. The van der Waals surface area contributed by atoms with Crippen LogP contribution in [-0.4, -0.2) is 10.9 Å². The van der Waals surface area contributed by atoms with E-state index in [2.05, 4.69) is 0 Å². The molecule has 0 saturated heterocycles. The summed E-state index contributed by atoms with van der Waals surface area (Å²) in [6, 6.07) is 37.7. The Bertz CT molecular complexity index is 1020. The molecule has 4 aromatic carbocycles. The van der Waals surface area contributed by atoms with Gasteiger partial charge in [0, 0.05) is 11.5 Å². The Kier molecular flexibility index (Phi) is 5.37. The Balaban J connectivity index is 1.98. The van der Waals surface area contributed by atoms with Crippen LogP contribution >= 0.6 is 0 Å². The number of hydrogen-bond acceptors (Lipinski definition) is 2. The maximum atomic E-state index is 13.8. The van der Waals surface area contributed by atoms with E-state index in [1.165, 1.54) is 0 Å². The molecule has 0 spiro atoms. The third-order valence-electron chi connectivity index (χ3n) is 5.28. The Morgan fingerprint density at radius 2 is 0.966 bits per heavy atom. The molecule has 0 unspecified atom stereocenters. The van der Waals surface area contributed by atoms with E-state index in [1.54, 1.807) is 12.1 Å². The van der Waals surface area contributed by atoms with E-state index in [0.29, 0.717) is 11.1 Å². The minimum Gasteiger partial charge on any atom is -0.376 e. The molecular weight excluding hydrogens is 356 g/mol. The predicted octanol–water partition coefficient (Wildman–Crippen LogP) is 5.59. The summed E-state index contributed by atoms with van der Waals surface area (Å²) in [6.45, 7) is 0. The summed E-state index contributed by atoms with van der Waals surface area (Å²) >= 11 is 0. The second-order valence-corrected chi connectivity index (χ2v) is 7.08. The van der Waals surface area contributed by atoms with E-state index in [4.69, 9.17) is 0 Å². The van der Waals surface area contributed by atoms with E-state index in [-0.39, 0.29) is 5.78 Å². The summed E-state index contributed by atoms with van der Waals surface area (Å²) in [5.41, 5.74) is 1.07. The lowest BCUT2D eigenvalue weighted by molar-refractivity contribution is 0.0206. The summed E-state index contributed by atoms with van der Waals surface area (Å²) in [4.78, 5) is 13.8. The molecule has 0 aliphatic heterocycles. The number of ketones is 1. The van der Waals surface area contributed by atoms with Gasteiger partial charge in [-0.3, -0.25) is 4.79 Å². The summed E-state index contributed by atoms with van der Waals surface area (Å²) in [5, 5.41) is 12.2. The third-order valence-corrected chi connectivity index (χ3v) is 5.28. The monoisotopic (exact) mass is 378 g/mol. The summed E-state index contributed by atoms with van der Waals surface area (Å²) in [7, 11) is 0. The first kappa shape index (κ1) is 18.9. The number of benzene rings is 4. The van der Waals surface area contributed by atoms with Crippen molar-refractivity contribution in [2.24, 2.45) is 0 Å². The van der Waals surface area contributed by atoms with Crippen LogP contribution in [0.1, 0.15) is 33.0 Å². The Labute approximate surface area is 171 Å². The SMILES string of the molecule is O=C(c1ccccc1)[C@@](O)(c1ccccc1)C(c1ccccc1)c1ccccc1. The summed E-state index contributed by atoms with van der Waals surface area (Å²) < 4.78 is 0. The lowest BCUT2D eigenvalue weighted by Crippen LogP contribution is -2.42. The maximum absolute atomic E-state index is 13.8. The molecule has 0 radical (unpaired) electrons. The van der Waals surface area contributed by atoms with Crippen LogP contribution in [0.15, 0.2) is 121 Å². The quantitative estimate of drug-likeness (QED) is 0.444. The number of carbonyl (C=O) groups is 1. The van der Waals surface area contributed by atoms with Crippen molar-refractivity contribution < 1.29 is 9.90 Å². The highest BCUT2D eigenvalue weighted by Gasteiger charge is 2.47. The van der Waals surface area contributed by atoms with Crippen LogP contribution in [0.4, 0.5) is 0 Å². The number of aliphatic hydroxyl groups is 1. The zero-order chi connectivity index (χ0) is 20.1. The number of hydrogen-bond donors (Lipinski definition) is 1. The van der Waals surface area contributed by atoms with Crippen molar-refractivity contribution >= 4 is 5.78 Å². The Hall–Kier alpha value is -3.49. The highest BCUT2D eigenvalue weighted by Crippen LogP contribution is 2.44. The molecule has 4 aromatic rings. The van der Waals surface area contributed by atoms with E-state index in [0.717, 1.165) is 11.1 Å². The van der Waals surface area contributed by atoms with Crippen molar-refractivity contribution in [3.8, 4) is 0 Å². The minimum absolute atomic E-state index is 0.318. The molecule has 2 nitrogen and oxygen atoms in total. The molecule has 0 fully saturated rings. The largest absolute Gasteiger partial charge is 0.376 e. The van der Waals surface area contributed by atoms with Crippen LogP contribution in [0, 0.1) is 0 Å². The summed E-state index contributed by atoms with van der Waals surface area (Å²) in [5.74, 6) is -0.873. The van der Waals surface area contributed by atoms with Gasteiger partial charge >= 0.3 is 0 Å². The van der Waals surface area contributed by atoms with Crippen LogP contribution in [0.5, 0.6) is 0 Å². The standard InChI is InChI=1S/C27H22O2/c28-26(23-17-9-3-10-18-23)27(29,24-19-11-4-12-20-24)25(21-13-5-1-6-14-21)22-15-7-2-8-16-22/h1-20,25,29H/t27-/m1/s1. The molecule has 0 bridgehead atoms. The zero-order valence-corrected chi connectivity index (χ0v) is 16.0. The van der Waals surface area contributed by atoms with Crippen molar-refractivity contribution in [3.05, 3.63) is 144 Å². The van der Waals surface area contributed by atoms with Crippen molar-refractivity contribution in [2.75, 3.05) is 0 Å². The first-order chi connectivity index (χ1) is 14.2. The van der Waals surface area contributed by atoms with E-state index >= 15 is 0 Å². The van der Waals surface area contributed by atoms with Gasteiger partial charge in [-0.2, -0.15) is 0 Å². The van der Waals surface area contributed by atoms with E-state index < -0.39 is 11.5 Å². The fourth-order valence-corrected chi connectivity index (χ4v) is 3.90. The van der Waals surface area contributed by atoms with Crippen LogP contribution in [0.25, 0.3) is 0 Å². The van der Waals surface area contributed by atoms with Crippen LogP contribution < -0.4 is 0 Å². The topological polar surface area (TPSA) is 37.3 Å². The highest BCUT2D eigenvalue weighted by atomic mass is 16.3. The molecule has 0 amide bonds. The maximum Gasteiger partial charge on any atom is 0.199 e. The molecule has 4 rings (SSSR count). The average molecular weight is 378 g/mol. The molecule has 0 heterocycles. The fraction of sp³-hybridized carbons (Fsp3) is 0.0741. The lowest BCUT2D eigenvalue weighted by atomic mass is 9.70. The first-order valence-electron chi connectivity index (χ1n) is 9.69. The lowest BCUT2D eigenvalue weighted by Gasteiger charge is -2.36. The molecule has 1 atom stereocenters. The van der Waals surface area contributed by atoms with Crippen molar-refractivity contribution in [2.45, 2.75) is 11.5 Å². The highest BCUT2D eigenvalue weighted by molar-refractivity contribution is 6.04. The molecule has 29 heavy (non-hydrogen) atoms. The van der Waals surface area contributed by atoms with Gasteiger partial charge in [0.2, 0.25) is 0 Å². The number of Topliss-reactive ketones (excluding diaryl/α,β-unsaturated/α-hetero) is 1.